The SMILES string of the molecule is Cc1c(C(=O)NC2CCCCCC2C(=O)O)cnn1C. The summed E-state index contributed by atoms with van der Waals surface area (Å²) < 4.78 is 1.64. The van der Waals surface area contributed by atoms with Crippen LogP contribution in [-0.2, 0) is 11.8 Å². The maximum atomic E-state index is 12.3. The van der Waals surface area contributed by atoms with Gasteiger partial charge in [-0.3, -0.25) is 14.3 Å². The molecule has 0 bridgehead atoms. The van der Waals surface area contributed by atoms with Crippen LogP contribution < -0.4 is 5.32 Å². The highest BCUT2D eigenvalue weighted by atomic mass is 16.4. The van der Waals surface area contributed by atoms with Gasteiger partial charge in [-0.05, 0) is 19.8 Å². The van der Waals surface area contributed by atoms with E-state index in [9.17, 15) is 14.7 Å². The van der Waals surface area contributed by atoms with Gasteiger partial charge in [-0.2, -0.15) is 5.10 Å². The van der Waals surface area contributed by atoms with E-state index in [2.05, 4.69) is 10.4 Å². The van der Waals surface area contributed by atoms with E-state index >= 15 is 0 Å². The number of nitrogens with one attached hydrogen (secondary N) is 1. The zero-order chi connectivity index (χ0) is 14.7. The zero-order valence-corrected chi connectivity index (χ0v) is 11.9. The second-order valence-corrected chi connectivity index (χ2v) is 5.43. The summed E-state index contributed by atoms with van der Waals surface area (Å²) >= 11 is 0. The Kier molecular flexibility index (Phi) is 4.42. The molecule has 1 aliphatic carbocycles. The molecule has 0 spiro atoms. The van der Waals surface area contributed by atoms with Crippen molar-refractivity contribution in [3.8, 4) is 0 Å². The summed E-state index contributed by atoms with van der Waals surface area (Å²) in [7, 11) is 1.78. The van der Waals surface area contributed by atoms with Gasteiger partial charge in [0.15, 0.2) is 0 Å². The number of rotatable bonds is 3. The van der Waals surface area contributed by atoms with E-state index in [1.165, 1.54) is 6.20 Å². The molecule has 20 heavy (non-hydrogen) atoms. The average molecular weight is 279 g/mol. The van der Waals surface area contributed by atoms with Crippen molar-refractivity contribution in [1.82, 2.24) is 15.1 Å². The molecule has 1 aromatic rings. The van der Waals surface area contributed by atoms with E-state index in [1.807, 2.05) is 6.92 Å². The van der Waals surface area contributed by atoms with Gasteiger partial charge >= 0.3 is 5.97 Å². The first-order valence-electron chi connectivity index (χ1n) is 7.03. The van der Waals surface area contributed by atoms with Crippen LogP contribution in [0.1, 0.15) is 48.2 Å². The number of amides is 1. The summed E-state index contributed by atoms with van der Waals surface area (Å²) in [5, 5.41) is 16.2. The van der Waals surface area contributed by atoms with Gasteiger partial charge in [-0.25, -0.2) is 0 Å². The standard InChI is InChI=1S/C14H21N3O3/c1-9-11(8-15-17(9)2)13(18)16-12-7-5-3-4-6-10(12)14(19)20/h8,10,12H,3-7H2,1-2H3,(H,16,18)(H,19,20). The topological polar surface area (TPSA) is 84.2 Å². The van der Waals surface area contributed by atoms with Crippen molar-refractivity contribution < 1.29 is 14.7 Å². The number of aliphatic carboxylic acids is 1. The zero-order valence-electron chi connectivity index (χ0n) is 11.9. The molecular weight excluding hydrogens is 258 g/mol. The normalized spacial score (nSPS) is 23.1. The smallest absolute Gasteiger partial charge is 0.308 e. The van der Waals surface area contributed by atoms with E-state index in [-0.39, 0.29) is 11.9 Å². The van der Waals surface area contributed by atoms with Crippen molar-refractivity contribution in [2.75, 3.05) is 0 Å². The summed E-state index contributed by atoms with van der Waals surface area (Å²) in [6, 6.07) is -0.290. The Labute approximate surface area is 118 Å². The fraction of sp³-hybridized carbons (Fsp3) is 0.643. The van der Waals surface area contributed by atoms with Gasteiger partial charge < -0.3 is 10.4 Å². The lowest BCUT2D eigenvalue weighted by Crippen LogP contribution is -2.43. The van der Waals surface area contributed by atoms with Gasteiger partial charge in [0.2, 0.25) is 0 Å². The Balaban J connectivity index is 2.11. The maximum Gasteiger partial charge on any atom is 0.308 e. The lowest BCUT2D eigenvalue weighted by atomic mass is 9.94. The largest absolute Gasteiger partial charge is 0.481 e. The summed E-state index contributed by atoms with van der Waals surface area (Å²) in [5.41, 5.74) is 1.30. The molecule has 1 aromatic heterocycles. The van der Waals surface area contributed by atoms with Crippen LogP contribution in [-0.4, -0.2) is 32.8 Å². The highest BCUT2D eigenvalue weighted by molar-refractivity contribution is 5.95. The molecule has 1 saturated carbocycles. The lowest BCUT2D eigenvalue weighted by molar-refractivity contribution is -0.142. The number of carboxylic acids is 1. The first-order valence-corrected chi connectivity index (χ1v) is 7.03. The number of carbonyl (C=O) groups excluding carboxylic acids is 1. The first-order chi connectivity index (χ1) is 9.50. The number of carboxylic acid groups (broad SMARTS) is 1. The third-order valence-corrected chi connectivity index (χ3v) is 4.13. The molecule has 2 N–H and O–H groups in total. The Hall–Kier alpha value is -1.85. The summed E-state index contributed by atoms with van der Waals surface area (Å²) in [6.45, 7) is 1.82. The number of aromatic nitrogens is 2. The first kappa shape index (κ1) is 14.6. The predicted molar refractivity (Wildman–Crippen MR) is 73.4 cm³/mol. The number of carbonyl (C=O) groups is 2. The van der Waals surface area contributed by atoms with Crippen LogP contribution in [0.15, 0.2) is 6.20 Å². The molecule has 0 aliphatic heterocycles. The van der Waals surface area contributed by atoms with Crippen molar-refractivity contribution in [2.45, 2.75) is 45.1 Å². The Morgan fingerprint density at radius 2 is 2.05 bits per heavy atom. The van der Waals surface area contributed by atoms with Crippen LogP contribution in [0.5, 0.6) is 0 Å². The van der Waals surface area contributed by atoms with Gasteiger partial charge in [-0.1, -0.05) is 19.3 Å². The van der Waals surface area contributed by atoms with Crippen LogP contribution in [0.25, 0.3) is 0 Å². The van der Waals surface area contributed by atoms with Crippen LogP contribution >= 0.6 is 0 Å². The third-order valence-electron chi connectivity index (χ3n) is 4.13. The van der Waals surface area contributed by atoms with Crippen molar-refractivity contribution in [3.05, 3.63) is 17.5 Å². The van der Waals surface area contributed by atoms with E-state index in [4.69, 9.17) is 0 Å². The molecule has 1 aliphatic rings. The minimum absolute atomic E-state index is 0.228. The van der Waals surface area contributed by atoms with Crippen LogP contribution in [0.4, 0.5) is 0 Å². The van der Waals surface area contributed by atoms with Gasteiger partial charge in [0.1, 0.15) is 0 Å². The molecular formula is C14H21N3O3. The molecule has 1 amide bonds. The molecule has 6 nitrogen and oxygen atoms in total. The Morgan fingerprint density at radius 1 is 1.35 bits per heavy atom. The van der Waals surface area contributed by atoms with E-state index in [0.29, 0.717) is 12.0 Å². The molecule has 110 valence electrons. The molecule has 2 rings (SSSR count). The second-order valence-electron chi connectivity index (χ2n) is 5.43. The second kappa shape index (κ2) is 6.07. The van der Waals surface area contributed by atoms with E-state index in [0.717, 1.165) is 31.4 Å². The molecule has 2 unspecified atom stereocenters. The average Bonchev–Trinajstić information content (AvgIpc) is 2.62. The number of hydrogen-bond acceptors (Lipinski definition) is 3. The van der Waals surface area contributed by atoms with Crippen LogP contribution in [0, 0.1) is 12.8 Å². The van der Waals surface area contributed by atoms with Gasteiger partial charge in [0.25, 0.3) is 5.91 Å². The van der Waals surface area contributed by atoms with Gasteiger partial charge in [0.05, 0.1) is 17.7 Å². The maximum absolute atomic E-state index is 12.3. The molecule has 0 saturated heterocycles. The number of hydrogen-bond donors (Lipinski definition) is 2. The third kappa shape index (κ3) is 3.00. The molecule has 0 radical (unpaired) electrons. The minimum atomic E-state index is -0.819. The van der Waals surface area contributed by atoms with Gasteiger partial charge in [0, 0.05) is 18.8 Å². The van der Waals surface area contributed by atoms with Crippen LogP contribution in [0.3, 0.4) is 0 Å². The molecule has 2 atom stereocenters. The van der Waals surface area contributed by atoms with Crippen molar-refractivity contribution >= 4 is 11.9 Å². The summed E-state index contributed by atoms with van der Waals surface area (Å²) in [6.07, 6.45) is 5.78. The lowest BCUT2D eigenvalue weighted by Gasteiger charge is -2.22. The van der Waals surface area contributed by atoms with Crippen molar-refractivity contribution in [3.63, 3.8) is 0 Å². The number of nitrogens with zero attached hydrogens (tertiary/aromatic N) is 2. The van der Waals surface area contributed by atoms with E-state index in [1.54, 1.807) is 11.7 Å². The van der Waals surface area contributed by atoms with Gasteiger partial charge in [-0.15, -0.1) is 0 Å². The van der Waals surface area contributed by atoms with Crippen LogP contribution in [0.2, 0.25) is 0 Å². The summed E-state index contributed by atoms with van der Waals surface area (Å²) in [5.74, 6) is -1.53. The summed E-state index contributed by atoms with van der Waals surface area (Å²) in [4.78, 5) is 23.6. The monoisotopic (exact) mass is 279 g/mol. The predicted octanol–water partition coefficient (Wildman–Crippen LogP) is 1.49. The molecule has 1 fully saturated rings. The van der Waals surface area contributed by atoms with Crippen molar-refractivity contribution in [2.24, 2.45) is 13.0 Å². The quantitative estimate of drug-likeness (QED) is 0.821. The Bertz CT molecular complexity index is 510. The van der Waals surface area contributed by atoms with E-state index < -0.39 is 11.9 Å². The fourth-order valence-electron chi connectivity index (χ4n) is 2.74. The molecule has 6 heteroatoms. The molecule has 0 aromatic carbocycles. The fourth-order valence-corrected chi connectivity index (χ4v) is 2.74. The Morgan fingerprint density at radius 3 is 2.65 bits per heavy atom. The highest BCUT2D eigenvalue weighted by Gasteiger charge is 2.31. The minimum Gasteiger partial charge on any atom is -0.481 e. The molecule has 1 heterocycles. The number of aryl methyl sites for hydroxylation is 1. The highest BCUT2D eigenvalue weighted by Crippen LogP contribution is 2.24. The van der Waals surface area contributed by atoms with Crippen molar-refractivity contribution in [1.29, 1.82) is 0 Å².